The molecule has 0 spiro atoms. The maximum absolute atomic E-state index is 12.4. The highest BCUT2D eigenvalue weighted by molar-refractivity contribution is 7.92. The average molecular weight is 429 g/mol. The summed E-state index contributed by atoms with van der Waals surface area (Å²) in [5.74, 6) is 0.183. The van der Waals surface area contributed by atoms with Gasteiger partial charge in [0.2, 0.25) is 27.6 Å². The lowest BCUT2D eigenvalue weighted by Crippen LogP contribution is -2.40. The SMILES string of the molecule is Cc1cccc(-c2noc(CNC(=O)CN(c3cc(C)cc(C)c3)S(C)(=O)=O)n2)c1. The fourth-order valence-electron chi connectivity index (χ4n) is 3.08. The molecule has 158 valence electrons. The minimum atomic E-state index is -3.64. The fourth-order valence-corrected chi connectivity index (χ4v) is 3.92. The highest BCUT2D eigenvalue weighted by atomic mass is 32.2. The second-order valence-electron chi connectivity index (χ2n) is 7.27. The molecule has 0 aliphatic rings. The summed E-state index contributed by atoms with van der Waals surface area (Å²) in [6.45, 7) is 5.37. The smallest absolute Gasteiger partial charge is 0.246 e. The zero-order chi connectivity index (χ0) is 21.9. The van der Waals surface area contributed by atoms with Gasteiger partial charge in [-0.2, -0.15) is 4.98 Å². The van der Waals surface area contributed by atoms with Gasteiger partial charge in [0.25, 0.3) is 0 Å². The first-order valence-electron chi connectivity index (χ1n) is 9.34. The van der Waals surface area contributed by atoms with E-state index >= 15 is 0 Å². The largest absolute Gasteiger partial charge is 0.345 e. The van der Waals surface area contributed by atoms with E-state index in [0.29, 0.717) is 11.5 Å². The van der Waals surface area contributed by atoms with Crippen LogP contribution in [0.1, 0.15) is 22.6 Å². The van der Waals surface area contributed by atoms with Crippen LogP contribution in [0.3, 0.4) is 0 Å². The number of rotatable bonds is 7. The molecule has 9 heteroatoms. The summed E-state index contributed by atoms with van der Waals surface area (Å²) < 4.78 is 30.8. The van der Waals surface area contributed by atoms with Crippen molar-refractivity contribution in [2.24, 2.45) is 0 Å². The highest BCUT2D eigenvalue weighted by Crippen LogP contribution is 2.21. The Morgan fingerprint density at radius 3 is 2.40 bits per heavy atom. The second kappa shape index (κ2) is 8.66. The number of anilines is 1. The zero-order valence-corrected chi connectivity index (χ0v) is 18.2. The third-order valence-electron chi connectivity index (χ3n) is 4.36. The molecule has 0 atom stereocenters. The Morgan fingerprint density at radius 1 is 1.07 bits per heavy atom. The number of aryl methyl sites for hydroxylation is 3. The topological polar surface area (TPSA) is 105 Å². The number of hydrogen-bond acceptors (Lipinski definition) is 6. The van der Waals surface area contributed by atoms with Gasteiger partial charge in [-0.25, -0.2) is 8.42 Å². The molecule has 0 saturated carbocycles. The number of benzene rings is 2. The van der Waals surface area contributed by atoms with E-state index in [1.165, 1.54) is 0 Å². The van der Waals surface area contributed by atoms with Gasteiger partial charge in [0.15, 0.2) is 0 Å². The zero-order valence-electron chi connectivity index (χ0n) is 17.3. The minimum Gasteiger partial charge on any atom is -0.345 e. The number of aromatic nitrogens is 2. The summed E-state index contributed by atoms with van der Waals surface area (Å²) in [4.78, 5) is 16.7. The summed E-state index contributed by atoms with van der Waals surface area (Å²) in [7, 11) is -3.64. The number of sulfonamides is 1. The molecular weight excluding hydrogens is 404 g/mol. The van der Waals surface area contributed by atoms with Crippen LogP contribution in [0.4, 0.5) is 5.69 Å². The van der Waals surface area contributed by atoms with Crippen LogP contribution >= 0.6 is 0 Å². The summed E-state index contributed by atoms with van der Waals surface area (Å²) in [5, 5.41) is 6.56. The molecule has 0 bridgehead atoms. The van der Waals surface area contributed by atoms with Crippen molar-refractivity contribution in [3.63, 3.8) is 0 Å². The number of carbonyl (C=O) groups is 1. The van der Waals surface area contributed by atoms with Gasteiger partial charge in [-0.05, 0) is 50.1 Å². The third-order valence-corrected chi connectivity index (χ3v) is 5.50. The van der Waals surface area contributed by atoms with Crippen LogP contribution in [-0.4, -0.2) is 37.3 Å². The van der Waals surface area contributed by atoms with E-state index in [0.717, 1.165) is 32.8 Å². The molecule has 3 aromatic rings. The standard InChI is InChI=1S/C21H24N4O4S/c1-14-6-5-7-17(9-14)21-23-20(29-24-21)12-22-19(26)13-25(30(4,27)28)18-10-15(2)8-16(3)11-18/h5-11H,12-13H2,1-4H3,(H,22,26). The van der Waals surface area contributed by atoms with Crippen LogP contribution in [0.2, 0.25) is 0 Å². The maximum Gasteiger partial charge on any atom is 0.246 e. The van der Waals surface area contributed by atoms with E-state index in [9.17, 15) is 13.2 Å². The van der Waals surface area contributed by atoms with E-state index < -0.39 is 15.9 Å². The lowest BCUT2D eigenvalue weighted by molar-refractivity contribution is -0.119. The van der Waals surface area contributed by atoms with Gasteiger partial charge in [0.1, 0.15) is 6.54 Å². The quantitative estimate of drug-likeness (QED) is 0.620. The van der Waals surface area contributed by atoms with E-state index in [4.69, 9.17) is 4.52 Å². The van der Waals surface area contributed by atoms with E-state index in [2.05, 4.69) is 15.5 Å². The highest BCUT2D eigenvalue weighted by Gasteiger charge is 2.21. The van der Waals surface area contributed by atoms with Gasteiger partial charge in [-0.15, -0.1) is 0 Å². The van der Waals surface area contributed by atoms with Crippen molar-refractivity contribution in [1.29, 1.82) is 0 Å². The van der Waals surface area contributed by atoms with Crippen molar-refractivity contribution < 1.29 is 17.7 Å². The predicted molar refractivity (Wildman–Crippen MR) is 114 cm³/mol. The van der Waals surface area contributed by atoms with Gasteiger partial charge >= 0.3 is 0 Å². The van der Waals surface area contributed by atoms with E-state index in [1.54, 1.807) is 12.1 Å². The molecule has 0 saturated heterocycles. The van der Waals surface area contributed by atoms with Crippen molar-refractivity contribution in [1.82, 2.24) is 15.5 Å². The first kappa shape index (κ1) is 21.5. The molecule has 0 unspecified atom stereocenters. The second-order valence-corrected chi connectivity index (χ2v) is 9.18. The molecule has 1 heterocycles. The van der Waals surface area contributed by atoms with Crippen LogP contribution in [0.5, 0.6) is 0 Å². The normalized spacial score (nSPS) is 11.3. The van der Waals surface area contributed by atoms with Crippen molar-refractivity contribution in [3.8, 4) is 11.4 Å². The molecule has 0 fully saturated rings. The monoisotopic (exact) mass is 428 g/mol. The summed E-state index contributed by atoms with van der Waals surface area (Å²) in [5.41, 5.74) is 4.15. The summed E-state index contributed by atoms with van der Waals surface area (Å²) in [6.07, 6.45) is 1.07. The average Bonchev–Trinajstić information content (AvgIpc) is 3.12. The molecule has 1 N–H and O–H groups in total. The van der Waals surface area contributed by atoms with Gasteiger partial charge in [0, 0.05) is 5.56 Å². The van der Waals surface area contributed by atoms with Crippen molar-refractivity contribution in [2.45, 2.75) is 27.3 Å². The van der Waals surface area contributed by atoms with Gasteiger partial charge in [-0.3, -0.25) is 9.10 Å². The molecular formula is C21H24N4O4S. The predicted octanol–water partition coefficient (Wildman–Crippen LogP) is 2.74. The molecule has 1 amide bonds. The lowest BCUT2D eigenvalue weighted by Gasteiger charge is -2.22. The molecule has 0 aliphatic heterocycles. The van der Waals surface area contributed by atoms with Crippen LogP contribution in [0.15, 0.2) is 47.0 Å². The minimum absolute atomic E-state index is 0.00208. The van der Waals surface area contributed by atoms with Crippen molar-refractivity contribution in [3.05, 3.63) is 65.0 Å². The summed E-state index contributed by atoms with van der Waals surface area (Å²) >= 11 is 0. The van der Waals surface area contributed by atoms with Crippen LogP contribution in [0, 0.1) is 20.8 Å². The molecule has 0 aliphatic carbocycles. The number of nitrogens with one attached hydrogen (secondary N) is 1. The summed E-state index contributed by atoms with van der Waals surface area (Å²) in [6, 6.07) is 13.1. The number of hydrogen-bond donors (Lipinski definition) is 1. The first-order chi connectivity index (χ1) is 14.1. The maximum atomic E-state index is 12.4. The van der Waals surface area contributed by atoms with Crippen molar-refractivity contribution >= 4 is 21.6 Å². The van der Waals surface area contributed by atoms with Crippen LogP contribution in [0.25, 0.3) is 11.4 Å². The molecule has 2 aromatic carbocycles. The first-order valence-corrected chi connectivity index (χ1v) is 11.2. The Kier molecular flexibility index (Phi) is 6.21. The lowest BCUT2D eigenvalue weighted by atomic mass is 10.1. The van der Waals surface area contributed by atoms with Crippen LogP contribution in [-0.2, 0) is 21.4 Å². The van der Waals surface area contributed by atoms with Gasteiger partial charge in [-0.1, -0.05) is 35.0 Å². The Labute approximate surface area is 176 Å². The molecule has 1 aromatic heterocycles. The fraction of sp³-hybridized carbons (Fsp3) is 0.286. The Morgan fingerprint density at radius 2 is 1.77 bits per heavy atom. The van der Waals surface area contributed by atoms with Crippen LogP contribution < -0.4 is 9.62 Å². The molecule has 3 rings (SSSR count). The van der Waals surface area contributed by atoms with Gasteiger partial charge < -0.3 is 9.84 Å². The van der Waals surface area contributed by atoms with Crippen molar-refractivity contribution in [2.75, 3.05) is 17.1 Å². The van der Waals surface area contributed by atoms with E-state index in [-0.39, 0.29) is 19.0 Å². The number of amides is 1. The molecule has 30 heavy (non-hydrogen) atoms. The number of nitrogens with zero attached hydrogens (tertiary/aromatic N) is 3. The Bertz CT molecular complexity index is 1150. The van der Waals surface area contributed by atoms with E-state index in [1.807, 2.05) is 51.1 Å². The third kappa shape index (κ3) is 5.44. The molecule has 8 nitrogen and oxygen atoms in total. The Balaban J connectivity index is 1.68. The van der Waals surface area contributed by atoms with Gasteiger partial charge in [0.05, 0.1) is 18.5 Å². The Hall–Kier alpha value is -3.20. The molecule has 0 radical (unpaired) electrons. The number of carbonyl (C=O) groups excluding carboxylic acids is 1.